The minimum atomic E-state index is 0.394. The molecule has 6 nitrogen and oxygen atoms in total. The summed E-state index contributed by atoms with van der Waals surface area (Å²) in [7, 11) is 2.17. The van der Waals surface area contributed by atoms with Gasteiger partial charge in [0, 0.05) is 82.3 Å². The summed E-state index contributed by atoms with van der Waals surface area (Å²) in [4.78, 5) is 23.0. The maximum Gasteiger partial charge on any atom is 0.135 e. The van der Waals surface area contributed by atoms with Crippen LogP contribution in [0.1, 0.15) is 24.8 Å². The van der Waals surface area contributed by atoms with Gasteiger partial charge in [-0.1, -0.05) is 12.1 Å². The number of nitrogens with two attached hydrogens (primary N) is 1. The summed E-state index contributed by atoms with van der Waals surface area (Å²) in [6.07, 6.45) is 5.92. The Hall–Kier alpha value is -2.18. The molecular formula is C22H33N5O. The zero-order valence-corrected chi connectivity index (χ0v) is 17.0. The van der Waals surface area contributed by atoms with Gasteiger partial charge in [0.15, 0.2) is 0 Å². The molecular weight excluding hydrogens is 350 g/mol. The maximum absolute atomic E-state index is 11.3. The average molecular weight is 384 g/mol. The molecule has 2 heterocycles. The second-order valence-corrected chi connectivity index (χ2v) is 7.73. The van der Waals surface area contributed by atoms with Gasteiger partial charge in [-0.05, 0) is 37.7 Å². The number of ketones is 1. The third-order valence-electron chi connectivity index (χ3n) is 5.65. The molecule has 0 radical (unpaired) electrons. The van der Waals surface area contributed by atoms with Crippen LogP contribution in [0.15, 0.2) is 35.5 Å². The Morgan fingerprint density at radius 3 is 2.39 bits per heavy atom. The molecule has 0 spiro atoms. The summed E-state index contributed by atoms with van der Waals surface area (Å²) in [5.74, 6) is 0.394. The zero-order chi connectivity index (χ0) is 19.8. The van der Waals surface area contributed by atoms with E-state index in [0.29, 0.717) is 18.6 Å². The first-order valence-electron chi connectivity index (χ1n) is 10.4. The standard InChI is InChI=1S/C22H33N5O/c1-25-13-15-27(16-14-25)21-5-3-19(4-6-21)20(17-23)18-24-9-2-10-26-11-7-22(28)8-12-26/h3-6,17-18H,2,7-16,23H2,1H3/b20-17+,24-18?. The number of carbonyl (C=O) groups excluding carboxylic acids is 1. The lowest BCUT2D eigenvalue weighted by molar-refractivity contribution is -0.121. The van der Waals surface area contributed by atoms with Crippen LogP contribution in [0.2, 0.25) is 0 Å². The quantitative estimate of drug-likeness (QED) is 0.575. The third kappa shape index (κ3) is 5.91. The molecule has 2 aliphatic rings. The van der Waals surface area contributed by atoms with Crippen molar-refractivity contribution in [3.8, 4) is 0 Å². The van der Waals surface area contributed by atoms with E-state index < -0.39 is 0 Å². The smallest absolute Gasteiger partial charge is 0.135 e. The Morgan fingerprint density at radius 2 is 1.75 bits per heavy atom. The van der Waals surface area contributed by atoms with E-state index in [1.165, 1.54) is 5.69 Å². The Bertz CT molecular complexity index is 679. The molecule has 0 saturated carbocycles. The van der Waals surface area contributed by atoms with Crippen LogP contribution in [-0.4, -0.2) is 81.2 Å². The van der Waals surface area contributed by atoms with Crippen molar-refractivity contribution in [3.05, 3.63) is 36.0 Å². The van der Waals surface area contributed by atoms with Gasteiger partial charge >= 0.3 is 0 Å². The minimum Gasteiger partial charge on any atom is -0.404 e. The van der Waals surface area contributed by atoms with Crippen molar-refractivity contribution in [1.82, 2.24) is 9.80 Å². The van der Waals surface area contributed by atoms with Crippen LogP contribution < -0.4 is 10.6 Å². The molecule has 2 saturated heterocycles. The highest BCUT2D eigenvalue weighted by atomic mass is 16.1. The van der Waals surface area contributed by atoms with Crippen LogP contribution in [0, 0.1) is 0 Å². The van der Waals surface area contributed by atoms with Crippen LogP contribution in [0.5, 0.6) is 0 Å². The monoisotopic (exact) mass is 383 g/mol. The number of carbonyl (C=O) groups is 1. The van der Waals surface area contributed by atoms with Gasteiger partial charge in [0.05, 0.1) is 0 Å². The topological polar surface area (TPSA) is 65.2 Å². The van der Waals surface area contributed by atoms with Crippen molar-refractivity contribution < 1.29 is 4.79 Å². The Kier molecular flexibility index (Phi) is 7.62. The van der Waals surface area contributed by atoms with Crippen LogP contribution in [-0.2, 0) is 4.79 Å². The van der Waals surface area contributed by atoms with Gasteiger partial charge in [-0.2, -0.15) is 0 Å². The van der Waals surface area contributed by atoms with Gasteiger partial charge in [0.2, 0.25) is 0 Å². The Balaban J connectivity index is 1.45. The molecule has 0 amide bonds. The highest BCUT2D eigenvalue weighted by Gasteiger charge is 2.15. The van der Waals surface area contributed by atoms with Gasteiger partial charge < -0.3 is 20.4 Å². The van der Waals surface area contributed by atoms with Gasteiger partial charge in [0.25, 0.3) is 0 Å². The first kappa shape index (κ1) is 20.6. The first-order chi connectivity index (χ1) is 13.7. The molecule has 1 aromatic carbocycles. The van der Waals surface area contributed by atoms with Gasteiger partial charge in [0.1, 0.15) is 5.78 Å². The van der Waals surface area contributed by atoms with E-state index in [1.54, 1.807) is 6.20 Å². The highest BCUT2D eigenvalue weighted by Crippen LogP contribution is 2.20. The summed E-state index contributed by atoms with van der Waals surface area (Å²) in [5, 5.41) is 0. The summed E-state index contributed by atoms with van der Waals surface area (Å²) < 4.78 is 0. The second kappa shape index (κ2) is 10.4. The molecule has 28 heavy (non-hydrogen) atoms. The molecule has 3 rings (SSSR count). The van der Waals surface area contributed by atoms with Crippen molar-refractivity contribution in [1.29, 1.82) is 0 Å². The van der Waals surface area contributed by atoms with E-state index in [9.17, 15) is 4.79 Å². The van der Waals surface area contributed by atoms with Gasteiger partial charge in [-0.3, -0.25) is 9.79 Å². The number of nitrogens with zero attached hydrogens (tertiary/aromatic N) is 4. The molecule has 2 aliphatic heterocycles. The van der Waals surface area contributed by atoms with Crippen molar-refractivity contribution >= 4 is 23.3 Å². The number of benzene rings is 1. The zero-order valence-electron chi connectivity index (χ0n) is 17.0. The van der Waals surface area contributed by atoms with E-state index in [2.05, 4.69) is 51.0 Å². The molecule has 1 aromatic rings. The van der Waals surface area contributed by atoms with Gasteiger partial charge in [-0.15, -0.1) is 0 Å². The molecule has 0 unspecified atom stereocenters. The molecule has 152 valence electrons. The number of piperazine rings is 1. The van der Waals surface area contributed by atoms with Crippen LogP contribution in [0.3, 0.4) is 0 Å². The fourth-order valence-electron chi connectivity index (χ4n) is 3.72. The predicted octanol–water partition coefficient (Wildman–Crippen LogP) is 1.86. The summed E-state index contributed by atoms with van der Waals surface area (Å²) in [6, 6.07) is 8.61. The summed E-state index contributed by atoms with van der Waals surface area (Å²) in [5.41, 5.74) is 9.15. The van der Waals surface area contributed by atoms with E-state index >= 15 is 0 Å². The summed E-state index contributed by atoms with van der Waals surface area (Å²) in [6.45, 7) is 7.94. The van der Waals surface area contributed by atoms with Crippen molar-refractivity contribution in [2.45, 2.75) is 19.3 Å². The average Bonchev–Trinajstić information content (AvgIpc) is 2.73. The van der Waals surface area contributed by atoms with E-state index in [1.807, 2.05) is 6.21 Å². The lowest BCUT2D eigenvalue weighted by atomic mass is 10.1. The normalized spacial score (nSPS) is 20.2. The largest absolute Gasteiger partial charge is 0.404 e. The maximum atomic E-state index is 11.3. The van der Waals surface area contributed by atoms with E-state index in [-0.39, 0.29) is 0 Å². The van der Waals surface area contributed by atoms with Crippen molar-refractivity contribution in [2.75, 3.05) is 64.3 Å². The first-order valence-corrected chi connectivity index (χ1v) is 10.4. The fraction of sp³-hybridized carbons (Fsp3) is 0.545. The number of allylic oxidation sites excluding steroid dienone is 1. The van der Waals surface area contributed by atoms with E-state index in [0.717, 1.165) is 69.9 Å². The Labute approximate surface area is 168 Å². The minimum absolute atomic E-state index is 0.394. The lowest BCUT2D eigenvalue weighted by Crippen LogP contribution is -2.44. The number of piperidine rings is 1. The van der Waals surface area contributed by atoms with Crippen LogP contribution in [0.25, 0.3) is 5.57 Å². The molecule has 2 N–H and O–H groups in total. The predicted molar refractivity (Wildman–Crippen MR) is 117 cm³/mol. The van der Waals surface area contributed by atoms with Crippen LogP contribution >= 0.6 is 0 Å². The molecule has 0 bridgehead atoms. The molecule has 0 aliphatic carbocycles. The lowest BCUT2D eigenvalue weighted by Gasteiger charge is -2.34. The number of hydrogen-bond acceptors (Lipinski definition) is 6. The van der Waals surface area contributed by atoms with E-state index in [4.69, 9.17) is 5.73 Å². The number of anilines is 1. The number of aliphatic imine (C=N–C) groups is 1. The summed E-state index contributed by atoms with van der Waals surface area (Å²) >= 11 is 0. The molecule has 0 aromatic heterocycles. The molecule has 6 heteroatoms. The highest BCUT2D eigenvalue weighted by molar-refractivity contribution is 6.09. The number of likely N-dealkylation sites (tertiary alicyclic amines) is 1. The van der Waals surface area contributed by atoms with Gasteiger partial charge in [-0.25, -0.2) is 0 Å². The van der Waals surface area contributed by atoms with Crippen molar-refractivity contribution in [3.63, 3.8) is 0 Å². The fourth-order valence-corrected chi connectivity index (χ4v) is 3.72. The molecule has 0 atom stereocenters. The second-order valence-electron chi connectivity index (χ2n) is 7.73. The number of likely N-dealkylation sites (N-methyl/N-ethyl adjacent to an activating group) is 1. The number of hydrogen-bond donors (Lipinski definition) is 1. The van der Waals surface area contributed by atoms with Crippen LogP contribution in [0.4, 0.5) is 5.69 Å². The van der Waals surface area contributed by atoms with Crippen molar-refractivity contribution in [2.24, 2.45) is 10.7 Å². The Morgan fingerprint density at radius 1 is 1.07 bits per heavy atom. The molecule has 2 fully saturated rings. The number of rotatable bonds is 7. The number of Topliss-reactive ketones (excluding diaryl/α,β-unsaturated/α-hetero) is 1. The SMILES string of the molecule is CN1CCN(c2ccc(/C(C=NCCCN3CCC(=O)CC3)=C/N)cc2)CC1. The third-order valence-corrected chi connectivity index (χ3v) is 5.65.